The highest BCUT2D eigenvalue weighted by Crippen LogP contribution is 2.26. The van der Waals surface area contributed by atoms with Crippen LogP contribution in [-0.2, 0) is 0 Å². The molecule has 0 spiro atoms. The predicted octanol–water partition coefficient (Wildman–Crippen LogP) is 2.40. The number of aromatic amines is 1. The molecule has 2 amide bonds. The highest BCUT2D eigenvalue weighted by atomic mass is 16.5. The Morgan fingerprint density at radius 2 is 2.03 bits per heavy atom. The highest BCUT2D eigenvalue weighted by molar-refractivity contribution is 6.04. The summed E-state index contributed by atoms with van der Waals surface area (Å²) in [7, 11) is 1.59. The second kappa shape index (κ2) is 8.32. The van der Waals surface area contributed by atoms with E-state index in [9.17, 15) is 9.59 Å². The zero-order valence-corrected chi connectivity index (χ0v) is 16.8. The van der Waals surface area contributed by atoms with Crippen LogP contribution in [0.5, 0.6) is 5.75 Å². The van der Waals surface area contributed by atoms with Crippen molar-refractivity contribution >= 4 is 17.5 Å². The van der Waals surface area contributed by atoms with Crippen molar-refractivity contribution in [3.63, 3.8) is 0 Å². The average Bonchev–Trinajstić information content (AvgIpc) is 3.46. The first-order valence-corrected chi connectivity index (χ1v) is 9.62. The van der Waals surface area contributed by atoms with Crippen molar-refractivity contribution in [3.8, 4) is 5.75 Å². The molecule has 4 rings (SSSR count). The molecule has 0 aliphatic carbocycles. The number of likely N-dealkylation sites (tertiary alicyclic amines) is 1. The smallest absolute Gasteiger partial charge is 0.271 e. The molecule has 1 aliphatic heterocycles. The van der Waals surface area contributed by atoms with Gasteiger partial charge in [0.25, 0.3) is 11.8 Å². The maximum Gasteiger partial charge on any atom is 0.271 e. The Bertz CT molecular complexity index is 1050. The normalized spacial score (nSPS) is 15.8. The number of hydrogen-bond donors (Lipinski definition) is 2. The summed E-state index contributed by atoms with van der Waals surface area (Å²) in [5.41, 5.74) is 2.15. The van der Waals surface area contributed by atoms with Gasteiger partial charge in [0, 0.05) is 37.1 Å². The predicted molar refractivity (Wildman–Crippen MR) is 110 cm³/mol. The highest BCUT2D eigenvalue weighted by Gasteiger charge is 2.30. The van der Waals surface area contributed by atoms with E-state index < -0.39 is 0 Å². The van der Waals surface area contributed by atoms with Crippen LogP contribution in [0, 0.1) is 6.92 Å². The Labute approximate surface area is 173 Å². The Kier molecular flexibility index (Phi) is 5.42. The fourth-order valence-corrected chi connectivity index (χ4v) is 3.48. The quantitative estimate of drug-likeness (QED) is 0.673. The Morgan fingerprint density at radius 3 is 2.70 bits per heavy atom. The van der Waals surface area contributed by atoms with Crippen LogP contribution < -0.4 is 10.1 Å². The van der Waals surface area contributed by atoms with Gasteiger partial charge in [-0.2, -0.15) is 5.10 Å². The van der Waals surface area contributed by atoms with Crippen molar-refractivity contribution < 1.29 is 14.3 Å². The lowest BCUT2D eigenvalue weighted by molar-refractivity contribution is 0.0784. The van der Waals surface area contributed by atoms with E-state index in [4.69, 9.17) is 4.74 Å². The number of carbonyl (C=O) groups is 2. The van der Waals surface area contributed by atoms with Crippen molar-refractivity contribution in [2.75, 3.05) is 25.5 Å². The molecule has 1 saturated heterocycles. The van der Waals surface area contributed by atoms with E-state index in [1.165, 1.54) is 0 Å². The van der Waals surface area contributed by atoms with E-state index in [1.54, 1.807) is 61.7 Å². The van der Waals surface area contributed by atoms with Gasteiger partial charge in [0.05, 0.1) is 18.4 Å². The SMILES string of the molecule is COc1ccc(NC(=O)c2cnc([C@H]3CCN(C(=O)c4ccn[nH]4)C3)nc2C)cc1. The molecule has 0 unspecified atom stereocenters. The van der Waals surface area contributed by atoms with Crippen LogP contribution in [-0.4, -0.2) is 57.1 Å². The van der Waals surface area contributed by atoms with E-state index in [1.807, 2.05) is 0 Å². The van der Waals surface area contributed by atoms with Crippen molar-refractivity contribution in [1.82, 2.24) is 25.1 Å². The zero-order chi connectivity index (χ0) is 21.1. The number of aryl methyl sites for hydroxylation is 1. The summed E-state index contributed by atoms with van der Waals surface area (Å²) in [6.45, 7) is 2.95. The summed E-state index contributed by atoms with van der Waals surface area (Å²) in [6, 6.07) is 8.75. The number of H-pyrrole nitrogens is 1. The molecule has 1 fully saturated rings. The molecular weight excluding hydrogens is 384 g/mol. The second-order valence-electron chi connectivity index (χ2n) is 7.12. The van der Waals surface area contributed by atoms with Crippen molar-refractivity contribution in [1.29, 1.82) is 0 Å². The van der Waals surface area contributed by atoms with Gasteiger partial charge < -0.3 is 15.0 Å². The molecule has 0 radical (unpaired) electrons. The number of nitrogens with zero attached hydrogens (tertiary/aromatic N) is 4. The maximum absolute atomic E-state index is 12.6. The fourth-order valence-electron chi connectivity index (χ4n) is 3.48. The molecule has 1 aliphatic rings. The first-order valence-electron chi connectivity index (χ1n) is 9.62. The third-order valence-electron chi connectivity index (χ3n) is 5.16. The van der Waals surface area contributed by atoms with Crippen molar-refractivity contribution in [2.45, 2.75) is 19.3 Å². The average molecular weight is 406 g/mol. The molecule has 1 aromatic carbocycles. The van der Waals surface area contributed by atoms with Crippen molar-refractivity contribution in [2.24, 2.45) is 0 Å². The number of hydrogen-bond acceptors (Lipinski definition) is 6. The Morgan fingerprint density at radius 1 is 1.23 bits per heavy atom. The topological polar surface area (TPSA) is 113 Å². The molecule has 3 aromatic rings. The number of anilines is 1. The number of amides is 2. The van der Waals surface area contributed by atoms with Gasteiger partial charge in [-0.05, 0) is 43.7 Å². The second-order valence-corrected chi connectivity index (χ2v) is 7.12. The summed E-state index contributed by atoms with van der Waals surface area (Å²) in [4.78, 5) is 35.8. The van der Waals surface area contributed by atoms with Crippen molar-refractivity contribution in [3.05, 3.63) is 65.5 Å². The molecule has 154 valence electrons. The van der Waals surface area contributed by atoms with Gasteiger partial charge in [-0.25, -0.2) is 9.97 Å². The largest absolute Gasteiger partial charge is 0.497 e. The number of methoxy groups -OCH3 is 1. The van der Waals surface area contributed by atoms with Crippen LogP contribution in [0.25, 0.3) is 0 Å². The molecule has 9 nitrogen and oxygen atoms in total. The monoisotopic (exact) mass is 406 g/mol. The van der Waals surface area contributed by atoms with Crippen LogP contribution in [0.3, 0.4) is 0 Å². The number of rotatable bonds is 5. The minimum atomic E-state index is -0.272. The van der Waals surface area contributed by atoms with Crippen LogP contribution in [0.4, 0.5) is 5.69 Å². The number of benzene rings is 1. The maximum atomic E-state index is 12.6. The molecule has 2 N–H and O–H groups in total. The minimum Gasteiger partial charge on any atom is -0.497 e. The molecule has 30 heavy (non-hydrogen) atoms. The number of aromatic nitrogens is 4. The van der Waals surface area contributed by atoms with E-state index in [0.29, 0.717) is 47.3 Å². The Hall–Kier alpha value is -3.75. The molecular formula is C21H22N6O3. The van der Waals surface area contributed by atoms with Gasteiger partial charge in [-0.3, -0.25) is 14.7 Å². The molecule has 3 heterocycles. The molecule has 0 bridgehead atoms. The zero-order valence-electron chi connectivity index (χ0n) is 16.8. The first kappa shape index (κ1) is 19.6. The number of nitrogens with one attached hydrogen (secondary N) is 2. The van der Waals surface area contributed by atoms with E-state index in [-0.39, 0.29) is 17.7 Å². The summed E-state index contributed by atoms with van der Waals surface area (Å²) in [5.74, 6) is 1.05. The van der Waals surface area contributed by atoms with E-state index >= 15 is 0 Å². The van der Waals surface area contributed by atoms with Gasteiger partial charge in [0.1, 0.15) is 17.3 Å². The molecule has 2 aromatic heterocycles. The van der Waals surface area contributed by atoms with Gasteiger partial charge in [0.2, 0.25) is 0 Å². The van der Waals surface area contributed by atoms with Gasteiger partial charge >= 0.3 is 0 Å². The molecule has 9 heteroatoms. The lowest BCUT2D eigenvalue weighted by Crippen LogP contribution is -2.29. The van der Waals surface area contributed by atoms with Crippen LogP contribution in [0.1, 0.15) is 44.7 Å². The third kappa shape index (κ3) is 4.00. The molecule has 0 saturated carbocycles. The lowest BCUT2D eigenvalue weighted by Gasteiger charge is -2.15. The summed E-state index contributed by atoms with van der Waals surface area (Å²) in [6.07, 6.45) is 3.88. The standard InChI is InChI=1S/C21H22N6O3/c1-13-17(20(28)25-15-3-5-16(30-2)6-4-15)11-22-19(24-13)14-8-10-27(12-14)21(29)18-7-9-23-26-18/h3-7,9,11,14H,8,10,12H2,1-2H3,(H,23,26)(H,25,28)/t14-/m0/s1. The van der Waals surface area contributed by atoms with Gasteiger partial charge in [-0.15, -0.1) is 0 Å². The van der Waals surface area contributed by atoms with E-state index in [2.05, 4.69) is 25.5 Å². The third-order valence-corrected chi connectivity index (χ3v) is 5.16. The summed E-state index contributed by atoms with van der Waals surface area (Å²) < 4.78 is 5.12. The van der Waals surface area contributed by atoms with Gasteiger partial charge in [-0.1, -0.05) is 0 Å². The summed E-state index contributed by atoms with van der Waals surface area (Å²) >= 11 is 0. The Balaban J connectivity index is 1.42. The minimum absolute atomic E-state index is 0.0364. The van der Waals surface area contributed by atoms with Crippen LogP contribution in [0.2, 0.25) is 0 Å². The van der Waals surface area contributed by atoms with Crippen LogP contribution >= 0.6 is 0 Å². The van der Waals surface area contributed by atoms with Gasteiger partial charge in [0.15, 0.2) is 0 Å². The fraction of sp³-hybridized carbons (Fsp3) is 0.286. The number of carbonyl (C=O) groups excluding carboxylic acids is 2. The lowest BCUT2D eigenvalue weighted by atomic mass is 10.1. The van der Waals surface area contributed by atoms with E-state index in [0.717, 1.165) is 6.42 Å². The molecule has 1 atom stereocenters. The van der Waals surface area contributed by atoms with Crippen LogP contribution in [0.15, 0.2) is 42.7 Å². The number of ether oxygens (including phenoxy) is 1. The first-order chi connectivity index (χ1) is 14.5. The summed E-state index contributed by atoms with van der Waals surface area (Å²) in [5, 5.41) is 9.37.